The number of hydrogen-bond acceptors (Lipinski definition) is 10. The van der Waals surface area contributed by atoms with E-state index in [-0.39, 0.29) is 32.3 Å². The minimum Gasteiger partial charge on any atom is -0.505 e. The van der Waals surface area contributed by atoms with E-state index in [9.17, 15) is 35.9 Å². The first-order chi connectivity index (χ1) is 14.5. The van der Waals surface area contributed by atoms with E-state index in [0.717, 1.165) is 0 Å². The van der Waals surface area contributed by atoms with Crippen LogP contribution in [0.4, 0.5) is 11.4 Å². The summed E-state index contributed by atoms with van der Waals surface area (Å²) in [6, 6.07) is 0. The molecule has 0 saturated heterocycles. The number of anilines is 2. The van der Waals surface area contributed by atoms with E-state index in [1.165, 1.54) is 0 Å². The second-order valence-corrected chi connectivity index (χ2v) is 6.83. The fourth-order valence-electron chi connectivity index (χ4n) is 3.88. The third-order valence-corrected chi connectivity index (χ3v) is 5.33. The molecule has 13 heteroatoms. The van der Waals surface area contributed by atoms with Gasteiger partial charge in [-0.05, 0) is 32.5 Å². The number of hydrogen-bond donors (Lipinski definition) is 9. The highest BCUT2D eigenvalue weighted by Crippen LogP contribution is 2.52. The summed E-state index contributed by atoms with van der Waals surface area (Å²) in [5.74, 6) is -6.00. The average Bonchev–Trinajstić information content (AvgIpc) is 2.75. The van der Waals surface area contributed by atoms with Crippen LogP contribution in [-0.4, -0.2) is 59.4 Å². The average molecular weight is 416 g/mol. The minimum atomic E-state index is -1.02. The van der Waals surface area contributed by atoms with Gasteiger partial charge in [0, 0.05) is 16.2 Å². The maximum Gasteiger partial charge on any atom is 0.229 e. The Morgan fingerprint density at radius 3 is 1.42 bits per heavy atom. The van der Waals surface area contributed by atoms with E-state index in [0.29, 0.717) is 0 Å². The van der Waals surface area contributed by atoms with Crippen molar-refractivity contribution in [3.05, 3.63) is 0 Å². The molecule has 4 rings (SSSR count). The molecular formula is C18H11B3N2O8. The van der Waals surface area contributed by atoms with Crippen LogP contribution in [0, 0.1) is 0 Å². The maximum atomic E-state index is 10.6. The van der Waals surface area contributed by atoms with Crippen molar-refractivity contribution in [3.63, 3.8) is 0 Å². The van der Waals surface area contributed by atoms with E-state index >= 15 is 0 Å². The second kappa shape index (κ2) is 6.25. The number of fused-ring (bicyclic) bond motifs is 6. The van der Waals surface area contributed by atoms with Gasteiger partial charge in [0.2, 0.25) is 5.75 Å². The molecule has 31 heavy (non-hydrogen) atoms. The van der Waals surface area contributed by atoms with Crippen LogP contribution in [0.25, 0.3) is 32.3 Å². The van der Waals surface area contributed by atoms with Crippen LogP contribution in [0.15, 0.2) is 0 Å². The third-order valence-electron chi connectivity index (χ3n) is 5.33. The summed E-state index contributed by atoms with van der Waals surface area (Å²) in [4.78, 5) is 4.12. The highest BCUT2D eigenvalue weighted by Gasteiger charge is 2.29. The molecule has 0 saturated carbocycles. The Labute approximate surface area is 176 Å². The van der Waals surface area contributed by atoms with Gasteiger partial charge in [-0.2, -0.15) is 0 Å². The lowest BCUT2D eigenvalue weighted by molar-refractivity contribution is -0.138. The normalized spacial score (nSPS) is 11.5. The van der Waals surface area contributed by atoms with Crippen LogP contribution in [0.5, 0.6) is 40.2 Å². The summed E-state index contributed by atoms with van der Waals surface area (Å²) < 4.78 is 0. The van der Waals surface area contributed by atoms with Gasteiger partial charge in [0.25, 0.3) is 0 Å². The van der Waals surface area contributed by atoms with Gasteiger partial charge in [-0.15, -0.1) is 0 Å². The Morgan fingerprint density at radius 1 is 0.484 bits per heavy atom. The zero-order chi connectivity index (χ0) is 23.1. The molecule has 0 bridgehead atoms. The smallest absolute Gasteiger partial charge is 0.229 e. The molecule has 150 valence electrons. The van der Waals surface area contributed by atoms with Crippen LogP contribution >= 0.6 is 0 Å². The zero-order valence-corrected chi connectivity index (χ0v) is 15.4. The van der Waals surface area contributed by atoms with E-state index < -0.39 is 68.0 Å². The van der Waals surface area contributed by atoms with Crippen molar-refractivity contribution >= 4 is 83.6 Å². The molecule has 0 aromatic heterocycles. The van der Waals surface area contributed by atoms with Gasteiger partial charge < -0.3 is 47.0 Å². The van der Waals surface area contributed by atoms with Gasteiger partial charge in [0.05, 0.1) is 11.4 Å². The Morgan fingerprint density at radius 2 is 0.903 bits per heavy atom. The van der Waals surface area contributed by atoms with Crippen molar-refractivity contribution in [2.24, 2.45) is 0 Å². The fraction of sp³-hybridized carbons (Fsp3) is 0. The predicted molar refractivity (Wildman–Crippen MR) is 117 cm³/mol. The molecule has 0 amide bonds. The van der Waals surface area contributed by atoms with E-state index in [4.69, 9.17) is 35.0 Å². The van der Waals surface area contributed by atoms with Gasteiger partial charge >= 0.3 is 0 Å². The van der Waals surface area contributed by atoms with Gasteiger partial charge in [-0.1, -0.05) is 0 Å². The first-order valence-corrected chi connectivity index (χ1v) is 8.42. The molecular weight excluding hydrogens is 405 g/mol. The SMILES string of the molecule is [B]c1c(O)c(O)c(N)c2c1c1c([B])c(O)c(OO)c(N)c1c1c(O)c(O)c(O)c([B])c21. The van der Waals surface area contributed by atoms with Crippen molar-refractivity contribution in [2.45, 2.75) is 0 Å². The highest BCUT2D eigenvalue weighted by molar-refractivity contribution is 6.56. The molecule has 0 aliphatic rings. The molecule has 10 nitrogen and oxygen atoms in total. The van der Waals surface area contributed by atoms with E-state index in [1.807, 2.05) is 0 Å². The fourth-order valence-corrected chi connectivity index (χ4v) is 3.88. The number of aromatic hydroxyl groups is 6. The molecule has 11 N–H and O–H groups in total. The first kappa shape index (κ1) is 20.3. The van der Waals surface area contributed by atoms with Gasteiger partial charge in [0.15, 0.2) is 34.5 Å². The summed E-state index contributed by atoms with van der Waals surface area (Å²) in [7, 11) is 18.0. The monoisotopic (exact) mass is 416 g/mol. The first-order valence-electron chi connectivity index (χ1n) is 8.42. The summed E-state index contributed by atoms with van der Waals surface area (Å²) in [5, 5.41) is 69.7. The van der Waals surface area contributed by atoms with E-state index in [1.54, 1.807) is 0 Å². The van der Waals surface area contributed by atoms with Crippen molar-refractivity contribution in [2.75, 3.05) is 11.5 Å². The molecule has 0 unspecified atom stereocenters. The summed E-state index contributed by atoms with van der Waals surface area (Å²) in [5.41, 5.74) is 9.67. The third kappa shape index (κ3) is 2.23. The Balaban J connectivity index is 2.65. The number of benzene rings is 4. The Kier molecular flexibility index (Phi) is 4.09. The van der Waals surface area contributed by atoms with Gasteiger partial charge in [0.1, 0.15) is 23.5 Å². The van der Waals surface area contributed by atoms with Crippen molar-refractivity contribution in [3.8, 4) is 40.2 Å². The number of nitrogens with two attached hydrogens (primary N) is 2. The lowest BCUT2D eigenvalue weighted by Gasteiger charge is -2.23. The van der Waals surface area contributed by atoms with Gasteiger partial charge in [-0.3, -0.25) is 0 Å². The molecule has 0 heterocycles. The lowest BCUT2D eigenvalue weighted by Crippen LogP contribution is -2.17. The highest BCUT2D eigenvalue weighted by atomic mass is 17.1. The Hall–Kier alpha value is -3.99. The largest absolute Gasteiger partial charge is 0.505 e. The molecule has 0 aliphatic carbocycles. The summed E-state index contributed by atoms with van der Waals surface area (Å²) in [6.45, 7) is 0. The number of rotatable bonds is 1. The lowest BCUT2D eigenvalue weighted by atomic mass is 9.75. The van der Waals surface area contributed by atoms with Crippen LogP contribution in [0.3, 0.4) is 0 Å². The molecule has 4 aromatic carbocycles. The molecule has 4 aromatic rings. The Bertz CT molecular complexity index is 1450. The van der Waals surface area contributed by atoms with Crippen LogP contribution in [0.1, 0.15) is 0 Å². The molecule has 0 aliphatic heterocycles. The zero-order valence-electron chi connectivity index (χ0n) is 15.4. The van der Waals surface area contributed by atoms with Crippen molar-refractivity contribution in [1.82, 2.24) is 0 Å². The molecule has 0 spiro atoms. The molecule has 0 atom stereocenters. The van der Waals surface area contributed by atoms with Crippen LogP contribution in [0.2, 0.25) is 0 Å². The standard InChI is InChI=1S/C18H11B3N2O8/c19-7-1-2-5(11(23)18(31-30)15(27)9(2)21)6-3(4(1)10(22)16(28)13(7)25)8(20)14(26)17(29)12(6)24/h24-30H,22-23H2. The van der Waals surface area contributed by atoms with Crippen LogP contribution < -0.4 is 32.7 Å². The number of phenolic OH excluding ortho intramolecular Hbond substituents is 6. The van der Waals surface area contributed by atoms with Gasteiger partial charge in [-0.25, -0.2) is 5.26 Å². The topological polar surface area (TPSA) is 203 Å². The van der Waals surface area contributed by atoms with E-state index in [2.05, 4.69) is 4.89 Å². The molecule has 0 fully saturated rings. The summed E-state index contributed by atoms with van der Waals surface area (Å²) >= 11 is 0. The maximum absolute atomic E-state index is 10.6. The number of phenols is 6. The second-order valence-electron chi connectivity index (χ2n) is 6.83. The predicted octanol–water partition coefficient (Wildman–Crippen LogP) is -1.22. The quantitative estimate of drug-likeness (QED) is 0.0452. The summed E-state index contributed by atoms with van der Waals surface area (Å²) in [6.07, 6.45) is 0. The minimum absolute atomic E-state index is 0.157. The number of nitrogen functional groups attached to an aromatic ring is 2. The van der Waals surface area contributed by atoms with Crippen LogP contribution in [-0.2, 0) is 0 Å². The molecule has 6 radical (unpaired) electrons. The van der Waals surface area contributed by atoms with Crippen molar-refractivity contribution < 1.29 is 40.8 Å². The van der Waals surface area contributed by atoms with Crippen molar-refractivity contribution in [1.29, 1.82) is 0 Å².